The Bertz CT molecular complexity index is 1240. The molecule has 0 saturated carbocycles. The maximum Gasteiger partial charge on any atom is 0.272 e. The van der Waals surface area contributed by atoms with E-state index < -0.39 is 0 Å². The molecule has 7 heteroatoms. The molecular weight excluding hydrogens is 378 g/mol. The van der Waals surface area contributed by atoms with Crippen LogP contribution < -0.4 is 10.9 Å². The van der Waals surface area contributed by atoms with Gasteiger partial charge in [-0.2, -0.15) is 14.9 Å². The minimum atomic E-state index is -0.356. The van der Waals surface area contributed by atoms with Gasteiger partial charge in [-0.3, -0.25) is 9.59 Å². The fourth-order valence-electron chi connectivity index (χ4n) is 3.30. The van der Waals surface area contributed by atoms with Gasteiger partial charge in [-0.1, -0.05) is 36.4 Å². The second-order valence-corrected chi connectivity index (χ2v) is 6.88. The quantitative estimate of drug-likeness (QED) is 0.559. The van der Waals surface area contributed by atoms with Crippen LogP contribution in [0, 0.1) is 13.8 Å². The van der Waals surface area contributed by atoms with Crippen molar-refractivity contribution in [3.8, 4) is 11.4 Å². The Kier molecular flexibility index (Phi) is 5.26. The Hall–Kier alpha value is -4.00. The average Bonchev–Trinajstić information content (AvgIpc) is 3.07. The molecule has 4 aromatic rings. The van der Waals surface area contributed by atoms with Gasteiger partial charge in [0, 0.05) is 23.9 Å². The van der Waals surface area contributed by atoms with Crippen molar-refractivity contribution in [2.75, 3.05) is 0 Å². The van der Waals surface area contributed by atoms with Crippen LogP contribution in [0.3, 0.4) is 0 Å². The molecule has 0 saturated heterocycles. The number of carbonyl (C=O) groups is 1. The van der Waals surface area contributed by atoms with E-state index in [9.17, 15) is 9.59 Å². The first-order chi connectivity index (χ1) is 14.5. The molecule has 0 unspecified atom stereocenters. The normalized spacial score (nSPS) is 10.7. The number of amides is 1. The molecular formula is C23H21N5O2. The highest BCUT2D eigenvalue weighted by Crippen LogP contribution is 2.17. The Morgan fingerprint density at radius 2 is 1.43 bits per heavy atom. The second-order valence-electron chi connectivity index (χ2n) is 6.88. The van der Waals surface area contributed by atoms with Gasteiger partial charge in [0.2, 0.25) is 0 Å². The second kappa shape index (κ2) is 8.16. The van der Waals surface area contributed by atoms with Gasteiger partial charge in [-0.25, -0.2) is 4.68 Å². The lowest BCUT2D eigenvalue weighted by Crippen LogP contribution is -2.29. The van der Waals surface area contributed by atoms with Crippen LogP contribution in [0.4, 0.5) is 0 Å². The van der Waals surface area contributed by atoms with Crippen molar-refractivity contribution in [3.63, 3.8) is 0 Å². The number of nitrogens with one attached hydrogen (secondary N) is 1. The largest absolute Gasteiger partial charge is 0.346 e. The summed E-state index contributed by atoms with van der Waals surface area (Å²) in [4.78, 5) is 24.9. The Morgan fingerprint density at radius 1 is 0.833 bits per heavy atom. The molecule has 0 spiro atoms. The maximum atomic E-state index is 12.7. The van der Waals surface area contributed by atoms with Crippen LogP contribution in [0.15, 0.2) is 77.6 Å². The molecule has 2 aromatic heterocycles. The zero-order chi connectivity index (χ0) is 21.1. The molecule has 0 aliphatic rings. The molecule has 0 bridgehead atoms. The predicted molar refractivity (Wildman–Crippen MR) is 114 cm³/mol. The summed E-state index contributed by atoms with van der Waals surface area (Å²) in [5, 5.41) is 11.7. The van der Waals surface area contributed by atoms with E-state index in [1.54, 1.807) is 12.1 Å². The number of para-hydroxylation sites is 2. The standard InChI is InChI=1S/C23H21N5O2/c1-16-20(17(2)27(25-16)18-9-5-3-6-10-18)15-24-23(30)21-13-14-22(29)28(26-21)19-11-7-4-8-12-19/h3-14H,15H2,1-2H3,(H,24,30). The van der Waals surface area contributed by atoms with Crippen molar-refractivity contribution >= 4 is 5.91 Å². The molecule has 1 N–H and O–H groups in total. The lowest BCUT2D eigenvalue weighted by Gasteiger charge is -2.09. The molecule has 0 aliphatic carbocycles. The summed E-state index contributed by atoms with van der Waals surface area (Å²) in [6.07, 6.45) is 0. The van der Waals surface area contributed by atoms with Crippen molar-refractivity contribution < 1.29 is 4.79 Å². The van der Waals surface area contributed by atoms with Crippen LogP contribution >= 0.6 is 0 Å². The zero-order valence-electron chi connectivity index (χ0n) is 16.7. The van der Waals surface area contributed by atoms with Gasteiger partial charge in [0.1, 0.15) is 5.69 Å². The van der Waals surface area contributed by atoms with Gasteiger partial charge >= 0.3 is 0 Å². The third-order valence-corrected chi connectivity index (χ3v) is 4.90. The van der Waals surface area contributed by atoms with Crippen molar-refractivity contribution in [2.24, 2.45) is 0 Å². The highest BCUT2D eigenvalue weighted by molar-refractivity contribution is 5.92. The maximum absolute atomic E-state index is 12.7. The average molecular weight is 399 g/mol. The molecule has 7 nitrogen and oxygen atoms in total. The number of hydrogen-bond donors (Lipinski definition) is 1. The van der Waals surface area contributed by atoms with Crippen molar-refractivity contribution in [1.29, 1.82) is 0 Å². The van der Waals surface area contributed by atoms with Gasteiger partial charge < -0.3 is 5.32 Å². The summed E-state index contributed by atoms with van der Waals surface area (Å²) in [5.74, 6) is -0.356. The number of aromatic nitrogens is 4. The topological polar surface area (TPSA) is 81.8 Å². The zero-order valence-corrected chi connectivity index (χ0v) is 16.7. The van der Waals surface area contributed by atoms with Crippen LogP contribution in [0.25, 0.3) is 11.4 Å². The number of hydrogen-bond acceptors (Lipinski definition) is 4. The van der Waals surface area contributed by atoms with E-state index >= 15 is 0 Å². The molecule has 2 aromatic carbocycles. The van der Waals surface area contributed by atoms with Gasteiger partial charge in [0.05, 0.1) is 17.1 Å². The van der Waals surface area contributed by atoms with E-state index in [1.807, 2.05) is 67.1 Å². The first-order valence-corrected chi connectivity index (χ1v) is 9.59. The first-order valence-electron chi connectivity index (χ1n) is 9.59. The SMILES string of the molecule is Cc1nn(-c2ccccc2)c(C)c1CNC(=O)c1ccc(=O)n(-c2ccccc2)n1. The summed E-state index contributed by atoms with van der Waals surface area (Å²) in [5.41, 5.74) is 4.20. The molecule has 0 aliphatic heterocycles. The fourth-order valence-corrected chi connectivity index (χ4v) is 3.30. The third kappa shape index (κ3) is 3.77. The Morgan fingerprint density at radius 3 is 2.07 bits per heavy atom. The summed E-state index contributed by atoms with van der Waals surface area (Å²) >= 11 is 0. The van der Waals surface area contributed by atoms with Gasteiger partial charge in [0.15, 0.2) is 0 Å². The summed E-state index contributed by atoms with van der Waals surface area (Å²) in [6.45, 7) is 4.21. The number of benzene rings is 2. The third-order valence-electron chi connectivity index (χ3n) is 4.90. The molecule has 2 heterocycles. The molecule has 4 rings (SSSR count). The highest BCUT2D eigenvalue weighted by Gasteiger charge is 2.15. The predicted octanol–water partition coefficient (Wildman–Crippen LogP) is 2.97. The van der Waals surface area contributed by atoms with Crippen LogP contribution in [0.2, 0.25) is 0 Å². The highest BCUT2D eigenvalue weighted by atomic mass is 16.2. The lowest BCUT2D eigenvalue weighted by molar-refractivity contribution is 0.0944. The van der Waals surface area contributed by atoms with Crippen LogP contribution in [0.1, 0.15) is 27.4 Å². The molecule has 30 heavy (non-hydrogen) atoms. The van der Waals surface area contributed by atoms with Crippen LogP contribution in [-0.2, 0) is 6.54 Å². The number of carbonyl (C=O) groups excluding carboxylic acids is 1. The smallest absolute Gasteiger partial charge is 0.272 e. The summed E-state index contributed by atoms with van der Waals surface area (Å²) in [6, 6.07) is 21.6. The monoisotopic (exact) mass is 399 g/mol. The van der Waals surface area contributed by atoms with Crippen LogP contribution in [0.5, 0.6) is 0 Å². The summed E-state index contributed by atoms with van der Waals surface area (Å²) in [7, 11) is 0. The van der Waals surface area contributed by atoms with E-state index in [2.05, 4.69) is 15.5 Å². The summed E-state index contributed by atoms with van der Waals surface area (Å²) < 4.78 is 3.09. The van der Waals surface area contributed by atoms with Gasteiger partial charge in [0.25, 0.3) is 11.5 Å². The molecule has 0 atom stereocenters. The van der Waals surface area contributed by atoms with E-state index in [0.29, 0.717) is 12.2 Å². The Balaban J connectivity index is 1.55. The number of nitrogens with zero attached hydrogens (tertiary/aromatic N) is 4. The molecule has 150 valence electrons. The number of rotatable bonds is 5. The van der Waals surface area contributed by atoms with Gasteiger partial charge in [-0.15, -0.1) is 0 Å². The lowest BCUT2D eigenvalue weighted by atomic mass is 10.2. The first kappa shape index (κ1) is 19.3. The minimum absolute atomic E-state index is 0.171. The molecule has 0 fully saturated rings. The fraction of sp³-hybridized carbons (Fsp3) is 0.130. The van der Waals surface area contributed by atoms with Crippen molar-refractivity contribution in [2.45, 2.75) is 20.4 Å². The van der Waals surface area contributed by atoms with E-state index in [0.717, 1.165) is 22.6 Å². The van der Waals surface area contributed by atoms with E-state index in [4.69, 9.17) is 0 Å². The minimum Gasteiger partial charge on any atom is -0.346 e. The van der Waals surface area contributed by atoms with Crippen molar-refractivity contribution in [3.05, 3.63) is 106 Å². The van der Waals surface area contributed by atoms with Crippen molar-refractivity contribution in [1.82, 2.24) is 24.9 Å². The molecule has 0 radical (unpaired) electrons. The Labute approximate surface area is 173 Å². The van der Waals surface area contributed by atoms with Crippen LogP contribution in [-0.4, -0.2) is 25.5 Å². The van der Waals surface area contributed by atoms with E-state index in [-0.39, 0.29) is 17.2 Å². The molecule has 1 amide bonds. The van der Waals surface area contributed by atoms with E-state index in [1.165, 1.54) is 16.8 Å². The number of aryl methyl sites for hydroxylation is 1. The van der Waals surface area contributed by atoms with Gasteiger partial charge in [-0.05, 0) is 44.2 Å².